The Morgan fingerprint density at radius 2 is 1.69 bits per heavy atom. The number of carbonyl (C=O) groups excluding carboxylic acids is 2. The van der Waals surface area contributed by atoms with Gasteiger partial charge in [-0.15, -0.1) is 0 Å². The number of hydrogen-bond donors (Lipinski definition) is 1. The molecule has 0 bridgehead atoms. The molecular weight excluding hydrogens is 406 g/mol. The molecule has 1 N–H and O–H groups in total. The van der Waals surface area contributed by atoms with Crippen molar-refractivity contribution >= 4 is 17.4 Å². The molecule has 1 amide bonds. The predicted octanol–water partition coefficient (Wildman–Crippen LogP) is 5.37. The lowest BCUT2D eigenvalue weighted by Gasteiger charge is -2.28. The Morgan fingerprint density at radius 1 is 1.03 bits per heavy atom. The van der Waals surface area contributed by atoms with E-state index in [1.54, 1.807) is 37.4 Å². The van der Waals surface area contributed by atoms with Crippen molar-refractivity contribution in [3.05, 3.63) is 95.1 Å². The number of rotatable bonds is 5. The van der Waals surface area contributed by atoms with Crippen LogP contribution in [0.2, 0.25) is 0 Å². The average molecular weight is 431 g/mol. The van der Waals surface area contributed by atoms with E-state index < -0.39 is 23.5 Å². The van der Waals surface area contributed by atoms with Gasteiger partial charge in [-0.05, 0) is 52.9 Å². The fourth-order valence-electron chi connectivity index (χ4n) is 3.87. The number of Topliss-reactive ketones (excluding diaryl/α,β-unsaturated/α-hetero) is 1. The van der Waals surface area contributed by atoms with Crippen LogP contribution in [-0.2, 0) is 10.2 Å². The van der Waals surface area contributed by atoms with Gasteiger partial charge in [0, 0.05) is 5.69 Å². The predicted molar refractivity (Wildman–Crippen MR) is 121 cm³/mol. The first-order chi connectivity index (χ1) is 15.2. The molecule has 1 aliphatic heterocycles. The lowest BCUT2D eigenvalue weighted by molar-refractivity contribution is -0.117. The van der Waals surface area contributed by atoms with Crippen molar-refractivity contribution in [2.45, 2.75) is 32.2 Å². The molecule has 1 unspecified atom stereocenters. The molecule has 3 aromatic rings. The van der Waals surface area contributed by atoms with Gasteiger partial charge in [0.15, 0.2) is 11.5 Å². The average Bonchev–Trinajstić information content (AvgIpc) is 3.41. The van der Waals surface area contributed by atoms with Gasteiger partial charge < -0.3 is 14.3 Å². The molecular formula is C26H25NO5. The summed E-state index contributed by atoms with van der Waals surface area (Å²) in [6.07, 6.45) is 1.38. The third kappa shape index (κ3) is 3.68. The van der Waals surface area contributed by atoms with Gasteiger partial charge in [-0.3, -0.25) is 14.5 Å². The Labute approximate surface area is 186 Å². The summed E-state index contributed by atoms with van der Waals surface area (Å²) in [5.74, 6) is -1.05. The minimum atomic E-state index is -0.803. The smallest absolute Gasteiger partial charge is 0.294 e. The summed E-state index contributed by atoms with van der Waals surface area (Å²) in [7, 11) is 1.56. The molecule has 0 radical (unpaired) electrons. The summed E-state index contributed by atoms with van der Waals surface area (Å²) >= 11 is 0. The number of carbonyl (C=O) groups is 2. The van der Waals surface area contributed by atoms with Crippen LogP contribution < -0.4 is 9.64 Å². The normalized spacial score (nSPS) is 16.6. The Balaban J connectivity index is 1.84. The molecule has 1 aromatic heterocycles. The molecule has 2 heterocycles. The summed E-state index contributed by atoms with van der Waals surface area (Å²) in [5, 5.41) is 10.8. The van der Waals surface area contributed by atoms with E-state index in [9.17, 15) is 14.7 Å². The number of aliphatic hydroxyl groups excluding tert-OH is 1. The van der Waals surface area contributed by atoms with Crippen molar-refractivity contribution in [3.63, 3.8) is 0 Å². The zero-order valence-electron chi connectivity index (χ0n) is 18.5. The Hall–Kier alpha value is -3.80. The number of aliphatic hydroxyl groups is 1. The van der Waals surface area contributed by atoms with E-state index in [2.05, 4.69) is 20.8 Å². The number of hydrogen-bond acceptors (Lipinski definition) is 5. The first-order valence-corrected chi connectivity index (χ1v) is 10.3. The van der Waals surface area contributed by atoms with Crippen molar-refractivity contribution in [2.75, 3.05) is 12.0 Å². The molecule has 0 fully saturated rings. The fraction of sp³-hybridized carbons (Fsp3) is 0.231. The summed E-state index contributed by atoms with van der Waals surface area (Å²) in [5.41, 5.74) is 2.30. The molecule has 6 nitrogen and oxygen atoms in total. The maximum atomic E-state index is 13.2. The van der Waals surface area contributed by atoms with Crippen molar-refractivity contribution < 1.29 is 23.8 Å². The molecule has 1 atom stereocenters. The number of furan rings is 1. The lowest BCUT2D eigenvalue weighted by atomic mass is 9.85. The quantitative estimate of drug-likeness (QED) is 0.550. The second kappa shape index (κ2) is 8.04. The van der Waals surface area contributed by atoms with Crippen molar-refractivity contribution in [1.82, 2.24) is 0 Å². The van der Waals surface area contributed by atoms with Crippen LogP contribution in [0.4, 0.5) is 5.69 Å². The second-order valence-corrected chi connectivity index (χ2v) is 8.72. The molecule has 0 spiro atoms. The standard InChI is InChI=1S/C26H25NO5/c1-26(2,3)17-9-7-16(8-10-17)22-21(23(28)20-6-5-15-32-20)24(29)25(30)27(22)18-11-13-19(31-4)14-12-18/h5-15,22,29H,1-4H3. The van der Waals surface area contributed by atoms with Crippen LogP contribution in [-0.4, -0.2) is 23.9 Å². The minimum Gasteiger partial charge on any atom is -0.503 e. The molecule has 6 heteroatoms. The minimum absolute atomic E-state index is 0.00993. The highest BCUT2D eigenvalue weighted by molar-refractivity contribution is 6.20. The Kier molecular flexibility index (Phi) is 5.38. The number of amides is 1. The maximum absolute atomic E-state index is 13.2. The summed E-state index contributed by atoms with van der Waals surface area (Å²) < 4.78 is 10.5. The first-order valence-electron chi connectivity index (χ1n) is 10.3. The van der Waals surface area contributed by atoms with Gasteiger partial charge in [-0.2, -0.15) is 0 Å². The highest BCUT2D eigenvalue weighted by atomic mass is 16.5. The molecule has 4 rings (SSSR count). The second-order valence-electron chi connectivity index (χ2n) is 8.72. The fourth-order valence-corrected chi connectivity index (χ4v) is 3.87. The van der Waals surface area contributed by atoms with Crippen LogP contribution in [0, 0.1) is 0 Å². The molecule has 2 aromatic carbocycles. The highest BCUT2D eigenvalue weighted by Gasteiger charge is 2.45. The topological polar surface area (TPSA) is 80.0 Å². The number of ketones is 1. The molecule has 0 saturated carbocycles. The molecule has 0 saturated heterocycles. The van der Waals surface area contributed by atoms with E-state index in [1.165, 1.54) is 17.2 Å². The van der Waals surface area contributed by atoms with Crippen LogP contribution in [0.15, 0.2) is 82.7 Å². The van der Waals surface area contributed by atoms with E-state index in [0.29, 0.717) is 17.0 Å². The van der Waals surface area contributed by atoms with Gasteiger partial charge in [-0.1, -0.05) is 45.0 Å². The number of benzene rings is 2. The van der Waals surface area contributed by atoms with Crippen LogP contribution in [0.1, 0.15) is 48.5 Å². The third-order valence-corrected chi connectivity index (χ3v) is 5.64. The number of ether oxygens (including phenoxy) is 1. The van der Waals surface area contributed by atoms with Gasteiger partial charge in [0.1, 0.15) is 5.75 Å². The molecule has 164 valence electrons. The molecule has 1 aliphatic rings. The lowest BCUT2D eigenvalue weighted by Crippen LogP contribution is -2.31. The SMILES string of the molecule is COc1ccc(N2C(=O)C(O)=C(C(=O)c3ccco3)C2c2ccc(C(C)(C)C)cc2)cc1. The van der Waals surface area contributed by atoms with Gasteiger partial charge in [0.2, 0.25) is 5.78 Å². The zero-order valence-corrected chi connectivity index (χ0v) is 18.5. The number of anilines is 1. The van der Waals surface area contributed by atoms with Gasteiger partial charge in [0.25, 0.3) is 5.91 Å². The third-order valence-electron chi connectivity index (χ3n) is 5.64. The van der Waals surface area contributed by atoms with Crippen LogP contribution in [0.3, 0.4) is 0 Å². The van der Waals surface area contributed by atoms with Crippen LogP contribution >= 0.6 is 0 Å². The Bertz CT molecular complexity index is 1170. The van der Waals surface area contributed by atoms with Gasteiger partial charge in [0.05, 0.1) is 25.0 Å². The summed E-state index contributed by atoms with van der Waals surface area (Å²) in [6.45, 7) is 6.34. The van der Waals surface area contributed by atoms with Crippen LogP contribution in [0.5, 0.6) is 5.75 Å². The van der Waals surface area contributed by atoms with Gasteiger partial charge >= 0.3 is 0 Å². The monoisotopic (exact) mass is 431 g/mol. The van der Waals surface area contributed by atoms with E-state index in [-0.39, 0.29) is 16.7 Å². The van der Waals surface area contributed by atoms with E-state index in [0.717, 1.165) is 5.56 Å². The highest BCUT2D eigenvalue weighted by Crippen LogP contribution is 2.42. The molecule has 32 heavy (non-hydrogen) atoms. The van der Waals surface area contributed by atoms with Crippen LogP contribution in [0.25, 0.3) is 0 Å². The van der Waals surface area contributed by atoms with E-state index in [1.807, 2.05) is 24.3 Å². The van der Waals surface area contributed by atoms with Crippen molar-refractivity contribution in [2.24, 2.45) is 0 Å². The van der Waals surface area contributed by atoms with E-state index in [4.69, 9.17) is 9.15 Å². The molecule has 0 aliphatic carbocycles. The maximum Gasteiger partial charge on any atom is 0.294 e. The Morgan fingerprint density at radius 3 is 2.22 bits per heavy atom. The van der Waals surface area contributed by atoms with E-state index >= 15 is 0 Å². The first kappa shape index (κ1) is 21.4. The summed E-state index contributed by atoms with van der Waals surface area (Å²) in [6, 6.07) is 17.0. The van der Waals surface area contributed by atoms with Crippen molar-refractivity contribution in [3.8, 4) is 5.75 Å². The number of methoxy groups -OCH3 is 1. The van der Waals surface area contributed by atoms with Crippen molar-refractivity contribution in [1.29, 1.82) is 0 Å². The zero-order chi connectivity index (χ0) is 23.0. The number of nitrogens with zero attached hydrogens (tertiary/aromatic N) is 1. The van der Waals surface area contributed by atoms with Gasteiger partial charge in [-0.25, -0.2) is 0 Å². The largest absolute Gasteiger partial charge is 0.503 e. The summed E-state index contributed by atoms with van der Waals surface area (Å²) in [4.78, 5) is 27.8.